The maximum atomic E-state index is 11.9. The topological polar surface area (TPSA) is 61.6 Å². The molecule has 1 aromatic heterocycles. The highest BCUT2D eigenvalue weighted by Crippen LogP contribution is 2.18. The molecule has 90 valence electrons. The highest BCUT2D eigenvalue weighted by atomic mass is 16.7. The fourth-order valence-corrected chi connectivity index (χ4v) is 1.64. The fourth-order valence-electron chi connectivity index (χ4n) is 1.64. The molecule has 0 aliphatic carbocycles. The second-order valence-corrected chi connectivity index (χ2v) is 3.58. The zero-order chi connectivity index (χ0) is 12.4. The summed E-state index contributed by atoms with van der Waals surface area (Å²) in [6.07, 6.45) is -0.888. The number of nitrogens with zero attached hydrogens (tertiary/aromatic N) is 1. The van der Waals surface area contributed by atoms with Crippen molar-refractivity contribution in [1.29, 1.82) is 0 Å². The third-order valence-corrected chi connectivity index (χ3v) is 2.42. The Morgan fingerprint density at radius 1 is 1.35 bits per heavy atom. The predicted molar refractivity (Wildman–Crippen MR) is 60.9 cm³/mol. The summed E-state index contributed by atoms with van der Waals surface area (Å²) >= 11 is 0. The van der Waals surface area contributed by atoms with Gasteiger partial charge in [0.2, 0.25) is 12.1 Å². The first-order valence-electron chi connectivity index (χ1n) is 5.12. The molecule has 0 N–H and O–H groups in total. The van der Waals surface area contributed by atoms with Crippen LogP contribution < -0.4 is 0 Å². The van der Waals surface area contributed by atoms with Crippen LogP contribution in [0.15, 0.2) is 22.6 Å². The number of carbonyl (C=O) groups excluding carboxylic acids is 1. The SMILES string of the molecule is COC(OC)C(=O)c1ccc2oc(C)nc2c1. The Hall–Kier alpha value is -1.72. The first kappa shape index (κ1) is 11.8. The second-order valence-electron chi connectivity index (χ2n) is 3.58. The van der Waals surface area contributed by atoms with Gasteiger partial charge in [-0.3, -0.25) is 4.79 Å². The van der Waals surface area contributed by atoms with Gasteiger partial charge in [-0.05, 0) is 18.2 Å². The van der Waals surface area contributed by atoms with E-state index in [1.165, 1.54) is 14.2 Å². The molecule has 0 saturated heterocycles. The number of ketones is 1. The van der Waals surface area contributed by atoms with Crippen LogP contribution in [-0.2, 0) is 9.47 Å². The zero-order valence-corrected chi connectivity index (χ0v) is 9.89. The van der Waals surface area contributed by atoms with E-state index < -0.39 is 6.29 Å². The maximum absolute atomic E-state index is 11.9. The van der Waals surface area contributed by atoms with Crippen molar-refractivity contribution in [3.8, 4) is 0 Å². The lowest BCUT2D eigenvalue weighted by Crippen LogP contribution is -2.24. The number of oxazole rings is 1. The number of fused-ring (bicyclic) bond motifs is 1. The molecule has 0 unspecified atom stereocenters. The number of aromatic nitrogens is 1. The van der Waals surface area contributed by atoms with Gasteiger partial charge in [-0.15, -0.1) is 0 Å². The molecule has 0 amide bonds. The average Bonchev–Trinajstić information content (AvgIpc) is 2.69. The van der Waals surface area contributed by atoms with Crippen LogP contribution in [0.25, 0.3) is 11.1 Å². The van der Waals surface area contributed by atoms with E-state index in [-0.39, 0.29) is 5.78 Å². The number of benzene rings is 1. The molecule has 5 nitrogen and oxygen atoms in total. The number of hydrogen-bond acceptors (Lipinski definition) is 5. The Balaban J connectivity index is 2.38. The van der Waals surface area contributed by atoms with Gasteiger partial charge in [0.05, 0.1) is 0 Å². The molecule has 0 saturated carbocycles. The number of Topliss-reactive ketones (excluding diaryl/α,β-unsaturated/α-hetero) is 1. The van der Waals surface area contributed by atoms with Gasteiger partial charge in [-0.1, -0.05) is 0 Å². The normalized spacial score (nSPS) is 11.3. The summed E-state index contributed by atoms with van der Waals surface area (Å²) in [5, 5.41) is 0. The van der Waals surface area contributed by atoms with Gasteiger partial charge >= 0.3 is 0 Å². The standard InChI is InChI=1S/C12H13NO4/c1-7-13-9-6-8(4-5-10(9)17-7)11(14)12(15-2)16-3/h4-6,12H,1-3H3. The highest BCUT2D eigenvalue weighted by molar-refractivity contribution is 6.00. The Kier molecular flexibility index (Phi) is 3.21. The van der Waals surface area contributed by atoms with Crippen LogP contribution in [0.5, 0.6) is 0 Å². The van der Waals surface area contributed by atoms with Gasteiger partial charge in [-0.2, -0.15) is 0 Å². The van der Waals surface area contributed by atoms with E-state index in [1.807, 2.05) is 0 Å². The van der Waals surface area contributed by atoms with Crippen molar-refractivity contribution in [2.75, 3.05) is 14.2 Å². The lowest BCUT2D eigenvalue weighted by Gasteiger charge is -2.11. The first-order chi connectivity index (χ1) is 8.15. The Labute approximate surface area is 98.3 Å². The van der Waals surface area contributed by atoms with Crippen LogP contribution in [-0.4, -0.2) is 31.3 Å². The van der Waals surface area contributed by atoms with Crippen LogP contribution in [0.2, 0.25) is 0 Å². The fraction of sp³-hybridized carbons (Fsp3) is 0.333. The monoisotopic (exact) mass is 235 g/mol. The summed E-state index contributed by atoms with van der Waals surface area (Å²) in [7, 11) is 2.84. The molecule has 2 aromatic rings. The molecule has 5 heteroatoms. The van der Waals surface area contributed by atoms with Crippen LogP contribution in [0.1, 0.15) is 16.2 Å². The minimum atomic E-state index is -0.888. The minimum Gasteiger partial charge on any atom is -0.441 e. The van der Waals surface area contributed by atoms with Gasteiger partial charge in [0.1, 0.15) is 5.52 Å². The lowest BCUT2D eigenvalue weighted by molar-refractivity contribution is -0.0742. The summed E-state index contributed by atoms with van der Waals surface area (Å²) in [6.45, 7) is 1.76. The molecule has 2 rings (SSSR count). The molecule has 0 aliphatic heterocycles. The smallest absolute Gasteiger partial charge is 0.222 e. The summed E-state index contributed by atoms with van der Waals surface area (Å²) in [4.78, 5) is 16.1. The number of aryl methyl sites for hydroxylation is 1. The number of ether oxygens (including phenoxy) is 2. The summed E-state index contributed by atoms with van der Waals surface area (Å²) in [6, 6.07) is 5.05. The highest BCUT2D eigenvalue weighted by Gasteiger charge is 2.19. The maximum Gasteiger partial charge on any atom is 0.222 e. The number of hydrogen-bond donors (Lipinski definition) is 0. The van der Waals surface area contributed by atoms with E-state index in [2.05, 4.69) is 4.98 Å². The first-order valence-corrected chi connectivity index (χ1v) is 5.12. The summed E-state index contributed by atoms with van der Waals surface area (Å²) in [5.74, 6) is 0.331. The zero-order valence-electron chi connectivity index (χ0n) is 9.89. The van der Waals surface area contributed by atoms with E-state index in [9.17, 15) is 4.79 Å². The predicted octanol–water partition coefficient (Wildman–Crippen LogP) is 1.94. The van der Waals surface area contributed by atoms with Crippen molar-refractivity contribution in [1.82, 2.24) is 4.98 Å². The third-order valence-electron chi connectivity index (χ3n) is 2.42. The van der Waals surface area contributed by atoms with E-state index in [0.717, 1.165) is 0 Å². The van der Waals surface area contributed by atoms with Crippen molar-refractivity contribution >= 4 is 16.9 Å². The number of rotatable bonds is 4. The lowest BCUT2D eigenvalue weighted by atomic mass is 10.1. The van der Waals surface area contributed by atoms with Gasteiger partial charge in [-0.25, -0.2) is 4.98 Å². The summed E-state index contributed by atoms with van der Waals surface area (Å²) < 4.78 is 15.2. The van der Waals surface area contributed by atoms with E-state index in [1.54, 1.807) is 25.1 Å². The van der Waals surface area contributed by atoms with Gasteiger partial charge in [0.25, 0.3) is 0 Å². The molecule has 0 fully saturated rings. The molecule has 1 aromatic carbocycles. The van der Waals surface area contributed by atoms with Crippen LogP contribution in [0.4, 0.5) is 0 Å². The van der Waals surface area contributed by atoms with Crippen molar-refractivity contribution in [2.45, 2.75) is 13.2 Å². The van der Waals surface area contributed by atoms with Crippen LogP contribution >= 0.6 is 0 Å². The molecule has 0 radical (unpaired) electrons. The summed E-state index contributed by atoms with van der Waals surface area (Å²) in [5.41, 5.74) is 1.80. The van der Waals surface area contributed by atoms with Gasteiger partial charge in [0.15, 0.2) is 11.5 Å². The minimum absolute atomic E-state index is 0.238. The molecule has 1 heterocycles. The Morgan fingerprint density at radius 2 is 2.06 bits per heavy atom. The average molecular weight is 235 g/mol. The number of carbonyl (C=O) groups is 1. The second kappa shape index (κ2) is 4.65. The number of methoxy groups -OCH3 is 2. The van der Waals surface area contributed by atoms with E-state index >= 15 is 0 Å². The van der Waals surface area contributed by atoms with Gasteiger partial charge < -0.3 is 13.9 Å². The van der Waals surface area contributed by atoms with E-state index in [0.29, 0.717) is 22.6 Å². The van der Waals surface area contributed by atoms with Crippen molar-refractivity contribution in [3.63, 3.8) is 0 Å². The third kappa shape index (κ3) is 2.20. The quantitative estimate of drug-likeness (QED) is 0.598. The van der Waals surface area contributed by atoms with E-state index in [4.69, 9.17) is 13.9 Å². The van der Waals surface area contributed by atoms with Crippen molar-refractivity contribution < 1.29 is 18.7 Å². The van der Waals surface area contributed by atoms with Gasteiger partial charge in [0, 0.05) is 26.7 Å². The molecule has 0 spiro atoms. The molecule has 0 atom stereocenters. The van der Waals surface area contributed by atoms with Crippen molar-refractivity contribution in [3.05, 3.63) is 29.7 Å². The largest absolute Gasteiger partial charge is 0.441 e. The Morgan fingerprint density at radius 3 is 2.71 bits per heavy atom. The van der Waals surface area contributed by atoms with Crippen LogP contribution in [0, 0.1) is 6.92 Å². The molecule has 17 heavy (non-hydrogen) atoms. The molecular formula is C12H13NO4. The van der Waals surface area contributed by atoms with Crippen molar-refractivity contribution in [2.24, 2.45) is 0 Å². The van der Waals surface area contributed by atoms with Crippen LogP contribution in [0.3, 0.4) is 0 Å². The molecular weight excluding hydrogens is 222 g/mol. The molecule has 0 bridgehead atoms. The molecule has 0 aliphatic rings. The Bertz CT molecular complexity index is 542.